The summed E-state index contributed by atoms with van der Waals surface area (Å²) in [5, 5.41) is 27.5. The quantitative estimate of drug-likeness (QED) is 0.0740. The molecular formula is C38H38Br4Cl2FN3O7. The second kappa shape index (κ2) is 22.0. The van der Waals surface area contributed by atoms with Crippen molar-refractivity contribution in [1.29, 1.82) is 0 Å². The van der Waals surface area contributed by atoms with E-state index in [1.807, 2.05) is 64.1 Å². The molecule has 0 radical (unpaired) electrons. The van der Waals surface area contributed by atoms with Crippen molar-refractivity contribution < 1.29 is 38.5 Å². The second-order valence-electron chi connectivity index (χ2n) is 12.5. The van der Waals surface area contributed by atoms with Gasteiger partial charge in [-0.2, -0.15) is 0 Å². The van der Waals surface area contributed by atoms with Crippen molar-refractivity contribution in [3.05, 3.63) is 111 Å². The summed E-state index contributed by atoms with van der Waals surface area (Å²) in [6, 6.07) is 18.3. The molecule has 4 rings (SSSR count). The van der Waals surface area contributed by atoms with Gasteiger partial charge in [-0.15, -0.1) is 0 Å². The fourth-order valence-corrected chi connectivity index (χ4v) is 8.24. The molecule has 1 unspecified atom stereocenters. The minimum absolute atomic E-state index is 0.217. The van der Waals surface area contributed by atoms with Gasteiger partial charge >= 0.3 is 11.9 Å². The third kappa shape index (κ3) is 15.1. The average molecular weight is 1060 g/mol. The SMILES string of the molecule is CC(C)Nc1cc(Cl)cc(COc2c(Br)cc(CC(F)C(=O)O)cc2Br)c1.CC(C)Nc1cccc(COc2c(Br)cc(C(=O)NCC(=O)O)cc2Br)c1Cl. The van der Waals surface area contributed by atoms with Crippen LogP contribution < -0.4 is 25.4 Å². The number of carboxylic acid groups (broad SMARTS) is 2. The van der Waals surface area contributed by atoms with Gasteiger partial charge in [-0.3, -0.25) is 9.59 Å². The molecule has 5 N–H and O–H groups in total. The zero-order valence-corrected chi connectivity index (χ0v) is 37.8. The van der Waals surface area contributed by atoms with E-state index in [-0.39, 0.29) is 31.7 Å². The molecule has 1 amide bonds. The number of hydrogen-bond acceptors (Lipinski definition) is 7. The smallest absolute Gasteiger partial charge is 0.338 e. The van der Waals surface area contributed by atoms with E-state index in [1.54, 1.807) is 24.3 Å². The lowest BCUT2D eigenvalue weighted by Gasteiger charge is -2.16. The molecule has 4 aromatic carbocycles. The summed E-state index contributed by atoms with van der Waals surface area (Å²) in [6.07, 6.45) is -2.17. The van der Waals surface area contributed by atoms with E-state index < -0.39 is 30.6 Å². The largest absolute Gasteiger partial charge is 0.487 e. The number of nitrogens with one attached hydrogen (secondary N) is 3. The van der Waals surface area contributed by atoms with E-state index in [2.05, 4.69) is 79.7 Å². The number of carbonyl (C=O) groups excluding carboxylic acids is 1. The van der Waals surface area contributed by atoms with Crippen molar-refractivity contribution in [3.63, 3.8) is 0 Å². The Labute approximate surface area is 362 Å². The minimum atomic E-state index is -1.95. The number of carbonyl (C=O) groups is 3. The molecule has 296 valence electrons. The monoisotopic (exact) mass is 1050 g/mol. The zero-order valence-electron chi connectivity index (χ0n) is 29.9. The van der Waals surface area contributed by atoms with Crippen LogP contribution in [0.15, 0.2) is 78.6 Å². The molecule has 0 bridgehead atoms. The molecule has 17 heteroatoms. The Morgan fingerprint density at radius 3 is 1.87 bits per heavy atom. The van der Waals surface area contributed by atoms with Gasteiger partial charge in [0.1, 0.15) is 31.3 Å². The van der Waals surface area contributed by atoms with Crippen LogP contribution in [0.4, 0.5) is 15.8 Å². The third-order valence-corrected chi connectivity index (χ3v) is 10.1. The Morgan fingerprint density at radius 2 is 1.33 bits per heavy atom. The van der Waals surface area contributed by atoms with E-state index in [0.29, 0.717) is 50.6 Å². The topological polar surface area (TPSA) is 146 Å². The van der Waals surface area contributed by atoms with Gasteiger partial charge in [0.15, 0.2) is 0 Å². The number of ether oxygens (including phenoxy) is 2. The highest BCUT2D eigenvalue weighted by Crippen LogP contribution is 2.38. The lowest BCUT2D eigenvalue weighted by atomic mass is 10.1. The standard InChI is InChI=1S/C19H19Br2ClFNO3.C19H19Br2ClN2O4/c1-10(2)24-14-4-12(3-13(22)8-14)9-27-18-15(20)5-11(6-16(18)21)7-17(23)19(25)26;1-10(2)24-15-5-3-4-11(17(15)22)9-28-18-13(20)6-12(7-14(18)21)19(27)23-8-16(25)26/h3-6,8,10,17,24H,7,9H2,1-2H3,(H,25,26);3-7,10,24H,8-9H2,1-2H3,(H,23,27)(H,25,26). The number of aliphatic carboxylic acids is 2. The number of amides is 1. The zero-order chi connectivity index (χ0) is 41.0. The van der Waals surface area contributed by atoms with Crippen LogP contribution in [-0.4, -0.2) is 52.9 Å². The highest BCUT2D eigenvalue weighted by atomic mass is 79.9. The van der Waals surface area contributed by atoms with Crippen LogP contribution in [0.2, 0.25) is 10.0 Å². The maximum Gasteiger partial charge on any atom is 0.338 e. The molecule has 0 spiro atoms. The van der Waals surface area contributed by atoms with E-state index in [4.69, 9.17) is 42.9 Å². The first-order chi connectivity index (χ1) is 25.8. The minimum Gasteiger partial charge on any atom is -0.487 e. The molecule has 1 atom stereocenters. The molecular weight excluding hydrogens is 1020 g/mol. The first kappa shape index (κ1) is 46.3. The van der Waals surface area contributed by atoms with E-state index in [0.717, 1.165) is 22.5 Å². The number of rotatable bonds is 16. The van der Waals surface area contributed by atoms with Gasteiger partial charge in [-0.05, 0) is 151 Å². The lowest BCUT2D eigenvalue weighted by molar-refractivity contribution is -0.142. The molecule has 0 aliphatic heterocycles. The van der Waals surface area contributed by atoms with Gasteiger partial charge < -0.3 is 35.6 Å². The van der Waals surface area contributed by atoms with Crippen LogP contribution in [0, 0.1) is 0 Å². The van der Waals surface area contributed by atoms with Crippen LogP contribution in [0.5, 0.6) is 11.5 Å². The summed E-state index contributed by atoms with van der Waals surface area (Å²) >= 11 is 26.2. The molecule has 0 saturated carbocycles. The molecule has 0 saturated heterocycles. The van der Waals surface area contributed by atoms with Crippen LogP contribution >= 0.6 is 86.9 Å². The highest BCUT2D eigenvalue weighted by molar-refractivity contribution is 9.11. The van der Waals surface area contributed by atoms with Crippen molar-refractivity contribution in [1.82, 2.24) is 5.32 Å². The van der Waals surface area contributed by atoms with Crippen molar-refractivity contribution >= 4 is 116 Å². The van der Waals surface area contributed by atoms with Crippen LogP contribution in [0.1, 0.15) is 54.7 Å². The van der Waals surface area contributed by atoms with E-state index >= 15 is 0 Å². The van der Waals surface area contributed by atoms with Crippen molar-refractivity contribution in [2.24, 2.45) is 0 Å². The number of alkyl halides is 1. The van der Waals surface area contributed by atoms with Crippen LogP contribution in [0.25, 0.3) is 0 Å². The normalized spacial score (nSPS) is 11.4. The van der Waals surface area contributed by atoms with Gasteiger partial charge in [-0.1, -0.05) is 35.3 Å². The predicted octanol–water partition coefficient (Wildman–Crippen LogP) is 11.3. The summed E-state index contributed by atoms with van der Waals surface area (Å²) in [7, 11) is 0. The Hall–Kier alpha value is -3.08. The third-order valence-electron chi connectivity index (χ3n) is 7.09. The first-order valence-electron chi connectivity index (χ1n) is 16.5. The Morgan fingerprint density at radius 1 is 0.764 bits per heavy atom. The molecule has 0 heterocycles. The molecule has 4 aromatic rings. The fourth-order valence-electron chi connectivity index (χ4n) is 4.82. The van der Waals surface area contributed by atoms with E-state index in [9.17, 15) is 18.8 Å². The number of anilines is 2. The summed E-state index contributed by atoms with van der Waals surface area (Å²) in [5.74, 6) is -2.03. The molecule has 10 nitrogen and oxygen atoms in total. The maximum atomic E-state index is 13.4. The van der Waals surface area contributed by atoms with Gasteiger partial charge in [0, 0.05) is 40.3 Å². The molecule has 0 aliphatic carbocycles. The highest BCUT2D eigenvalue weighted by Gasteiger charge is 2.19. The summed E-state index contributed by atoms with van der Waals surface area (Å²) in [6.45, 7) is 8.20. The second-order valence-corrected chi connectivity index (χ2v) is 16.8. The van der Waals surface area contributed by atoms with Crippen LogP contribution in [0.3, 0.4) is 0 Å². The number of carboxylic acids is 2. The van der Waals surface area contributed by atoms with Gasteiger partial charge in [0.25, 0.3) is 5.91 Å². The maximum absolute atomic E-state index is 13.4. The van der Waals surface area contributed by atoms with E-state index in [1.165, 1.54) is 0 Å². The Balaban J connectivity index is 0.000000296. The predicted molar refractivity (Wildman–Crippen MR) is 229 cm³/mol. The first-order valence-corrected chi connectivity index (χ1v) is 20.5. The fraction of sp³-hybridized carbons (Fsp3) is 0.289. The van der Waals surface area contributed by atoms with Crippen molar-refractivity contribution in [2.75, 3.05) is 17.2 Å². The molecule has 0 aliphatic rings. The molecule has 55 heavy (non-hydrogen) atoms. The van der Waals surface area contributed by atoms with Gasteiger partial charge in [-0.25, -0.2) is 9.18 Å². The van der Waals surface area contributed by atoms with Crippen molar-refractivity contribution in [2.45, 2.75) is 65.6 Å². The molecule has 0 fully saturated rings. The van der Waals surface area contributed by atoms with Crippen molar-refractivity contribution in [3.8, 4) is 11.5 Å². The average Bonchev–Trinajstić information content (AvgIpc) is 3.07. The summed E-state index contributed by atoms with van der Waals surface area (Å²) < 4.78 is 27.5. The molecule has 0 aromatic heterocycles. The summed E-state index contributed by atoms with van der Waals surface area (Å²) in [5.41, 5.74) is 4.29. The summed E-state index contributed by atoms with van der Waals surface area (Å²) in [4.78, 5) is 33.3. The number of halogens is 7. The Kier molecular flexibility index (Phi) is 18.5. The Bertz CT molecular complexity index is 1960. The number of hydrogen-bond donors (Lipinski definition) is 5. The van der Waals surface area contributed by atoms with Crippen LogP contribution in [-0.2, 0) is 29.2 Å². The number of benzene rings is 4. The van der Waals surface area contributed by atoms with Gasteiger partial charge in [0.05, 0.1) is 28.6 Å². The van der Waals surface area contributed by atoms with Gasteiger partial charge in [0.2, 0.25) is 6.17 Å². The lowest BCUT2D eigenvalue weighted by Crippen LogP contribution is -2.29.